The molecule has 20 heavy (non-hydrogen) atoms. The molecule has 5 heteroatoms. The van der Waals surface area contributed by atoms with Crippen LogP contribution < -0.4 is 10.5 Å². The number of aromatic nitrogens is 2. The summed E-state index contributed by atoms with van der Waals surface area (Å²) >= 11 is 0. The number of ether oxygens (including phenoxy) is 2. The molecule has 0 unspecified atom stereocenters. The van der Waals surface area contributed by atoms with E-state index in [9.17, 15) is 0 Å². The van der Waals surface area contributed by atoms with Crippen LogP contribution in [0.4, 0.5) is 0 Å². The van der Waals surface area contributed by atoms with Crippen LogP contribution in [-0.2, 0) is 11.3 Å². The molecule has 1 heterocycles. The highest BCUT2D eigenvalue weighted by atomic mass is 16.5. The minimum Gasteiger partial charge on any atom is -0.491 e. The third-order valence-electron chi connectivity index (χ3n) is 2.97. The molecule has 1 aromatic carbocycles. The van der Waals surface area contributed by atoms with E-state index < -0.39 is 0 Å². The Kier molecular flexibility index (Phi) is 5.58. The van der Waals surface area contributed by atoms with Crippen molar-refractivity contribution in [1.29, 1.82) is 0 Å². The molecule has 0 radical (unpaired) electrons. The fourth-order valence-corrected chi connectivity index (χ4v) is 1.94. The third kappa shape index (κ3) is 3.82. The Morgan fingerprint density at radius 2 is 2.10 bits per heavy atom. The van der Waals surface area contributed by atoms with Gasteiger partial charge in [0.1, 0.15) is 12.4 Å². The van der Waals surface area contributed by atoms with Crippen molar-refractivity contribution in [1.82, 2.24) is 9.78 Å². The van der Waals surface area contributed by atoms with E-state index in [0.717, 1.165) is 29.8 Å². The molecule has 0 fully saturated rings. The van der Waals surface area contributed by atoms with Crippen molar-refractivity contribution >= 4 is 0 Å². The quantitative estimate of drug-likeness (QED) is 0.748. The number of hydrogen-bond donors (Lipinski definition) is 1. The van der Waals surface area contributed by atoms with Crippen molar-refractivity contribution in [2.45, 2.75) is 13.0 Å². The van der Waals surface area contributed by atoms with E-state index in [1.807, 2.05) is 41.3 Å². The summed E-state index contributed by atoms with van der Waals surface area (Å²) in [5, 5.41) is 4.35. The summed E-state index contributed by atoms with van der Waals surface area (Å²) in [5.74, 6) is 0.850. The van der Waals surface area contributed by atoms with Gasteiger partial charge in [-0.25, -0.2) is 0 Å². The van der Waals surface area contributed by atoms with Crippen molar-refractivity contribution in [3.05, 3.63) is 36.7 Å². The Balaban J connectivity index is 2.12. The molecule has 2 rings (SSSR count). The number of methoxy groups -OCH3 is 1. The number of benzene rings is 1. The molecule has 0 spiro atoms. The summed E-state index contributed by atoms with van der Waals surface area (Å²) in [7, 11) is 1.66. The molecular weight excluding hydrogens is 254 g/mol. The molecule has 0 aliphatic carbocycles. The molecular formula is C15H21N3O2. The molecule has 5 nitrogen and oxygen atoms in total. The second-order valence-corrected chi connectivity index (χ2v) is 4.47. The Morgan fingerprint density at radius 1 is 1.25 bits per heavy atom. The minimum absolute atomic E-state index is 0.537. The van der Waals surface area contributed by atoms with Crippen LogP contribution >= 0.6 is 0 Å². The number of para-hydroxylation sites is 1. The second kappa shape index (κ2) is 7.67. The van der Waals surface area contributed by atoms with E-state index in [0.29, 0.717) is 19.8 Å². The van der Waals surface area contributed by atoms with E-state index in [1.54, 1.807) is 7.11 Å². The molecule has 0 aliphatic heterocycles. The van der Waals surface area contributed by atoms with Gasteiger partial charge in [-0.05, 0) is 19.0 Å². The standard InChI is InChI=1S/C15H21N3O2/c1-19-9-10-20-15-6-3-2-5-14(15)13-11-17-18(12-13)8-4-7-16/h2-3,5-6,11-12H,4,7-10,16H2,1H3. The fourth-order valence-electron chi connectivity index (χ4n) is 1.94. The SMILES string of the molecule is COCCOc1ccccc1-c1cnn(CCCN)c1. The minimum atomic E-state index is 0.537. The smallest absolute Gasteiger partial charge is 0.127 e. The van der Waals surface area contributed by atoms with E-state index in [2.05, 4.69) is 5.10 Å². The van der Waals surface area contributed by atoms with Crippen LogP contribution in [0.1, 0.15) is 6.42 Å². The van der Waals surface area contributed by atoms with Crippen LogP contribution in [0.25, 0.3) is 11.1 Å². The summed E-state index contributed by atoms with van der Waals surface area (Å²) in [4.78, 5) is 0. The molecule has 108 valence electrons. The zero-order chi connectivity index (χ0) is 14.2. The maximum Gasteiger partial charge on any atom is 0.127 e. The largest absolute Gasteiger partial charge is 0.491 e. The van der Waals surface area contributed by atoms with Crippen LogP contribution in [0, 0.1) is 0 Å². The summed E-state index contributed by atoms with van der Waals surface area (Å²) in [6.45, 7) is 2.62. The summed E-state index contributed by atoms with van der Waals surface area (Å²) in [6.07, 6.45) is 4.80. The van der Waals surface area contributed by atoms with Gasteiger partial charge >= 0.3 is 0 Å². The van der Waals surface area contributed by atoms with Gasteiger partial charge in [0.05, 0.1) is 12.8 Å². The van der Waals surface area contributed by atoms with Gasteiger partial charge in [0.25, 0.3) is 0 Å². The van der Waals surface area contributed by atoms with Crippen molar-refractivity contribution < 1.29 is 9.47 Å². The van der Waals surface area contributed by atoms with Crippen LogP contribution in [0.2, 0.25) is 0 Å². The number of nitrogens with zero attached hydrogens (tertiary/aromatic N) is 2. The molecule has 0 bridgehead atoms. The van der Waals surface area contributed by atoms with Crippen LogP contribution in [-0.4, -0.2) is 36.6 Å². The zero-order valence-corrected chi connectivity index (χ0v) is 11.8. The lowest BCUT2D eigenvalue weighted by molar-refractivity contribution is 0.146. The van der Waals surface area contributed by atoms with Gasteiger partial charge in [0.15, 0.2) is 0 Å². The monoisotopic (exact) mass is 275 g/mol. The van der Waals surface area contributed by atoms with E-state index in [1.165, 1.54) is 0 Å². The predicted molar refractivity (Wildman–Crippen MR) is 78.7 cm³/mol. The molecule has 0 saturated heterocycles. The number of hydrogen-bond acceptors (Lipinski definition) is 4. The first kappa shape index (κ1) is 14.6. The van der Waals surface area contributed by atoms with Gasteiger partial charge in [0, 0.05) is 31.0 Å². The van der Waals surface area contributed by atoms with Crippen molar-refractivity contribution in [3.63, 3.8) is 0 Å². The van der Waals surface area contributed by atoms with Gasteiger partial charge in [-0.3, -0.25) is 4.68 Å². The summed E-state index contributed by atoms with van der Waals surface area (Å²) in [5.41, 5.74) is 7.61. The summed E-state index contributed by atoms with van der Waals surface area (Å²) < 4.78 is 12.7. The van der Waals surface area contributed by atoms with Gasteiger partial charge in [-0.1, -0.05) is 18.2 Å². The van der Waals surface area contributed by atoms with Gasteiger partial charge in [-0.2, -0.15) is 5.10 Å². The second-order valence-electron chi connectivity index (χ2n) is 4.47. The molecule has 2 aromatic rings. The lowest BCUT2D eigenvalue weighted by Crippen LogP contribution is -2.05. The first-order chi connectivity index (χ1) is 9.85. The van der Waals surface area contributed by atoms with Crippen LogP contribution in [0.15, 0.2) is 36.7 Å². The Morgan fingerprint density at radius 3 is 2.90 bits per heavy atom. The molecule has 0 aliphatic rings. The lowest BCUT2D eigenvalue weighted by Gasteiger charge is -2.09. The number of aryl methyl sites for hydroxylation is 1. The lowest BCUT2D eigenvalue weighted by atomic mass is 10.1. The average molecular weight is 275 g/mol. The van der Waals surface area contributed by atoms with Gasteiger partial charge < -0.3 is 15.2 Å². The Labute approximate surface area is 119 Å². The third-order valence-corrected chi connectivity index (χ3v) is 2.97. The van der Waals surface area contributed by atoms with E-state index >= 15 is 0 Å². The predicted octanol–water partition coefficient (Wildman–Crippen LogP) is 1.92. The van der Waals surface area contributed by atoms with Crippen molar-refractivity contribution in [3.8, 4) is 16.9 Å². The average Bonchev–Trinajstić information content (AvgIpc) is 2.94. The Bertz CT molecular complexity index is 525. The highest BCUT2D eigenvalue weighted by Crippen LogP contribution is 2.29. The van der Waals surface area contributed by atoms with E-state index in [-0.39, 0.29) is 0 Å². The van der Waals surface area contributed by atoms with Crippen LogP contribution in [0.5, 0.6) is 5.75 Å². The maximum atomic E-state index is 5.74. The first-order valence-corrected chi connectivity index (χ1v) is 6.79. The molecule has 1 aromatic heterocycles. The molecule has 2 N–H and O–H groups in total. The first-order valence-electron chi connectivity index (χ1n) is 6.79. The Hall–Kier alpha value is -1.85. The summed E-state index contributed by atoms with van der Waals surface area (Å²) in [6, 6.07) is 7.95. The van der Waals surface area contributed by atoms with Crippen LogP contribution in [0.3, 0.4) is 0 Å². The number of nitrogens with two attached hydrogens (primary N) is 1. The zero-order valence-electron chi connectivity index (χ0n) is 11.8. The molecule has 0 saturated carbocycles. The normalized spacial score (nSPS) is 10.7. The number of rotatable bonds is 8. The topological polar surface area (TPSA) is 62.3 Å². The molecule has 0 atom stereocenters. The van der Waals surface area contributed by atoms with Crippen molar-refractivity contribution in [2.24, 2.45) is 5.73 Å². The van der Waals surface area contributed by atoms with Gasteiger partial charge in [0.2, 0.25) is 0 Å². The van der Waals surface area contributed by atoms with Gasteiger partial charge in [-0.15, -0.1) is 0 Å². The highest BCUT2D eigenvalue weighted by molar-refractivity contribution is 5.69. The van der Waals surface area contributed by atoms with E-state index in [4.69, 9.17) is 15.2 Å². The fraction of sp³-hybridized carbons (Fsp3) is 0.400. The highest BCUT2D eigenvalue weighted by Gasteiger charge is 2.08. The maximum absolute atomic E-state index is 5.74. The van der Waals surface area contributed by atoms with Crippen molar-refractivity contribution in [2.75, 3.05) is 26.9 Å². The molecule has 0 amide bonds.